The molecule has 0 aliphatic rings. The number of benzene rings is 1. The molecule has 0 aromatic heterocycles. The summed E-state index contributed by atoms with van der Waals surface area (Å²) in [5.41, 5.74) is 0.218. The molecule has 6 nitrogen and oxygen atoms in total. The number of carbonyl (C=O) groups excluding carboxylic acids is 2. The number of methoxy groups -OCH3 is 2. The van der Waals surface area contributed by atoms with Gasteiger partial charge in [-0.1, -0.05) is 20.8 Å². The third-order valence-corrected chi connectivity index (χ3v) is 4.47. The summed E-state index contributed by atoms with van der Waals surface area (Å²) < 4.78 is 15.7. The van der Waals surface area contributed by atoms with Crippen LogP contribution in [-0.2, 0) is 9.59 Å². The number of amides is 1. The van der Waals surface area contributed by atoms with Crippen LogP contribution in [0, 0.1) is 5.41 Å². The first-order valence-corrected chi connectivity index (χ1v) is 8.36. The Bertz CT molecular complexity index is 674. The van der Waals surface area contributed by atoms with Crippen molar-refractivity contribution in [3.63, 3.8) is 0 Å². The SMILES string of the molecule is COc1cc(/C=C/C(=O)NC(C)(C)C(C)(C)C)cc(OC)c1OC(C)=O. The quantitative estimate of drug-likeness (QED) is 0.475. The minimum Gasteiger partial charge on any atom is -0.493 e. The average Bonchev–Trinajstić information content (AvgIpc) is 2.51. The highest BCUT2D eigenvalue weighted by Crippen LogP contribution is 2.39. The Morgan fingerprint density at radius 3 is 1.88 bits per heavy atom. The molecule has 1 N–H and O–H groups in total. The first-order valence-electron chi connectivity index (χ1n) is 8.36. The van der Waals surface area contributed by atoms with E-state index in [1.807, 2.05) is 13.8 Å². The van der Waals surface area contributed by atoms with E-state index in [0.29, 0.717) is 17.1 Å². The zero-order valence-corrected chi connectivity index (χ0v) is 16.9. The van der Waals surface area contributed by atoms with Gasteiger partial charge in [-0.3, -0.25) is 9.59 Å². The van der Waals surface area contributed by atoms with Crippen molar-refractivity contribution < 1.29 is 23.8 Å². The van der Waals surface area contributed by atoms with E-state index in [1.165, 1.54) is 27.2 Å². The smallest absolute Gasteiger partial charge is 0.308 e. The molecule has 6 heteroatoms. The third-order valence-electron chi connectivity index (χ3n) is 4.47. The molecule has 0 aliphatic heterocycles. The van der Waals surface area contributed by atoms with Crippen LogP contribution in [0.25, 0.3) is 6.08 Å². The molecule has 144 valence electrons. The van der Waals surface area contributed by atoms with Gasteiger partial charge in [0.2, 0.25) is 11.7 Å². The molecule has 0 aliphatic carbocycles. The van der Waals surface area contributed by atoms with Crippen LogP contribution in [0.1, 0.15) is 47.1 Å². The van der Waals surface area contributed by atoms with Crippen LogP contribution in [0.15, 0.2) is 18.2 Å². The maximum absolute atomic E-state index is 12.3. The first-order chi connectivity index (χ1) is 11.9. The van der Waals surface area contributed by atoms with Crippen LogP contribution in [-0.4, -0.2) is 31.6 Å². The summed E-state index contributed by atoms with van der Waals surface area (Å²) in [6.45, 7) is 11.5. The fourth-order valence-corrected chi connectivity index (χ4v) is 1.95. The summed E-state index contributed by atoms with van der Waals surface area (Å²) >= 11 is 0. The number of carbonyl (C=O) groups is 2. The fraction of sp³-hybridized carbons (Fsp3) is 0.500. The highest BCUT2D eigenvalue weighted by Gasteiger charge is 2.33. The molecule has 0 unspecified atom stereocenters. The van der Waals surface area contributed by atoms with Gasteiger partial charge >= 0.3 is 5.97 Å². The van der Waals surface area contributed by atoms with Crippen LogP contribution >= 0.6 is 0 Å². The number of hydrogen-bond donors (Lipinski definition) is 1. The van der Waals surface area contributed by atoms with E-state index >= 15 is 0 Å². The Labute approximate surface area is 155 Å². The van der Waals surface area contributed by atoms with Gasteiger partial charge in [-0.05, 0) is 43.0 Å². The van der Waals surface area contributed by atoms with Gasteiger partial charge < -0.3 is 19.5 Å². The van der Waals surface area contributed by atoms with Crippen molar-refractivity contribution in [2.24, 2.45) is 5.41 Å². The molecule has 1 aromatic rings. The van der Waals surface area contributed by atoms with Gasteiger partial charge in [0.1, 0.15) is 0 Å². The van der Waals surface area contributed by atoms with Crippen molar-refractivity contribution in [1.82, 2.24) is 5.32 Å². The predicted molar refractivity (Wildman–Crippen MR) is 102 cm³/mol. The lowest BCUT2D eigenvalue weighted by Crippen LogP contribution is -2.52. The zero-order valence-electron chi connectivity index (χ0n) is 16.9. The minimum atomic E-state index is -0.478. The molecule has 0 spiro atoms. The van der Waals surface area contributed by atoms with E-state index in [-0.39, 0.29) is 22.6 Å². The van der Waals surface area contributed by atoms with Crippen molar-refractivity contribution in [2.45, 2.75) is 47.1 Å². The highest BCUT2D eigenvalue weighted by molar-refractivity contribution is 5.92. The summed E-state index contributed by atoms with van der Waals surface area (Å²) in [4.78, 5) is 23.5. The Morgan fingerprint density at radius 2 is 1.50 bits per heavy atom. The maximum atomic E-state index is 12.3. The van der Waals surface area contributed by atoms with E-state index in [9.17, 15) is 9.59 Å². The number of esters is 1. The van der Waals surface area contributed by atoms with Gasteiger partial charge in [0.25, 0.3) is 0 Å². The van der Waals surface area contributed by atoms with Crippen molar-refractivity contribution in [3.05, 3.63) is 23.8 Å². The summed E-state index contributed by atoms with van der Waals surface area (Å²) in [5.74, 6) is 0.211. The number of rotatable bonds is 6. The summed E-state index contributed by atoms with van der Waals surface area (Å²) in [6, 6.07) is 3.33. The highest BCUT2D eigenvalue weighted by atomic mass is 16.6. The Kier molecular flexibility index (Phi) is 6.84. The monoisotopic (exact) mass is 363 g/mol. The van der Waals surface area contributed by atoms with Gasteiger partial charge in [-0.15, -0.1) is 0 Å². The summed E-state index contributed by atoms with van der Waals surface area (Å²) in [6.07, 6.45) is 3.10. The molecule has 0 fully saturated rings. The van der Waals surface area contributed by atoms with Crippen LogP contribution in [0.3, 0.4) is 0 Å². The molecular formula is C20H29NO5. The van der Waals surface area contributed by atoms with Crippen LogP contribution in [0.4, 0.5) is 0 Å². The van der Waals surface area contributed by atoms with E-state index in [4.69, 9.17) is 14.2 Å². The van der Waals surface area contributed by atoms with Crippen LogP contribution < -0.4 is 19.5 Å². The Hall–Kier alpha value is -2.50. The molecule has 0 saturated heterocycles. The molecule has 0 atom stereocenters. The van der Waals surface area contributed by atoms with Crippen molar-refractivity contribution in [3.8, 4) is 17.2 Å². The second-order valence-corrected chi connectivity index (χ2v) is 7.55. The van der Waals surface area contributed by atoms with Gasteiger partial charge in [-0.25, -0.2) is 0 Å². The molecular weight excluding hydrogens is 334 g/mol. The number of hydrogen-bond acceptors (Lipinski definition) is 5. The molecule has 1 aromatic carbocycles. The van der Waals surface area contributed by atoms with E-state index < -0.39 is 5.97 Å². The van der Waals surface area contributed by atoms with Gasteiger partial charge in [0, 0.05) is 18.5 Å². The van der Waals surface area contributed by atoms with E-state index in [1.54, 1.807) is 18.2 Å². The second kappa shape index (κ2) is 8.25. The Morgan fingerprint density at radius 1 is 1.00 bits per heavy atom. The van der Waals surface area contributed by atoms with Gasteiger partial charge in [0.05, 0.1) is 14.2 Å². The average molecular weight is 363 g/mol. The standard InChI is InChI=1S/C20H29NO5/c1-13(22)26-18-15(24-7)11-14(12-16(18)25-8)9-10-17(23)21-20(5,6)19(2,3)4/h9-12H,1-8H3,(H,21,23)/b10-9+. The molecule has 0 bridgehead atoms. The molecule has 0 saturated carbocycles. The molecule has 26 heavy (non-hydrogen) atoms. The van der Waals surface area contributed by atoms with Crippen molar-refractivity contribution >= 4 is 18.0 Å². The lowest BCUT2D eigenvalue weighted by atomic mass is 9.76. The third kappa shape index (κ3) is 5.51. The molecule has 0 radical (unpaired) electrons. The van der Waals surface area contributed by atoms with Crippen LogP contribution in [0.5, 0.6) is 17.2 Å². The predicted octanol–water partition coefficient (Wildman–Crippen LogP) is 3.58. The fourth-order valence-electron chi connectivity index (χ4n) is 1.95. The minimum absolute atomic E-state index is 0.0887. The van der Waals surface area contributed by atoms with Gasteiger partial charge in [0.15, 0.2) is 11.5 Å². The molecule has 1 amide bonds. The summed E-state index contributed by atoms with van der Waals surface area (Å²) in [7, 11) is 2.93. The number of ether oxygens (including phenoxy) is 3. The second-order valence-electron chi connectivity index (χ2n) is 7.55. The lowest BCUT2D eigenvalue weighted by molar-refractivity contribution is -0.132. The first kappa shape index (κ1) is 21.5. The maximum Gasteiger partial charge on any atom is 0.308 e. The largest absolute Gasteiger partial charge is 0.493 e. The van der Waals surface area contributed by atoms with Crippen molar-refractivity contribution in [1.29, 1.82) is 0 Å². The zero-order chi connectivity index (χ0) is 20.1. The van der Waals surface area contributed by atoms with E-state index in [2.05, 4.69) is 26.1 Å². The number of nitrogens with one attached hydrogen (secondary N) is 1. The summed E-state index contributed by atoms with van der Waals surface area (Å²) in [5, 5.41) is 3.00. The molecule has 1 rings (SSSR count). The van der Waals surface area contributed by atoms with Crippen LogP contribution in [0.2, 0.25) is 0 Å². The topological polar surface area (TPSA) is 73.9 Å². The normalized spacial score (nSPS) is 12.0. The van der Waals surface area contributed by atoms with Crippen molar-refractivity contribution in [2.75, 3.05) is 14.2 Å². The van der Waals surface area contributed by atoms with Gasteiger partial charge in [-0.2, -0.15) is 0 Å². The van der Waals surface area contributed by atoms with E-state index in [0.717, 1.165) is 0 Å². The lowest BCUT2D eigenvalue weighted by Gasteiger charge is -2.39. The Balaban J connectivity index is 3.08. The molecule has 0 heterocycles.